The molecule has 0 aliphatic rings. The van der Waals surface area contributed by atoms with Crippen LogP contribution in [0.2, 0.25) is 0 Å². The van der Waals surface area contributed by atoms with Gasteiger partial charge in [-0.15, -0.1) is 6.58 Å². The normalized spacial score (nSPS) is 11.0. The van der Waals surface area contributed by atoms with Crippen molar-refractivity contribution in [2.45, 2.75) is 6.42 Å². The number of guanidine groups is 1. The number of rotatable bonds is 9. The van der Waals surface area contributed by atoms with Crippen LogP contribution in [-0.2, 0) is 4.74 Å². The molecule has 0 radical (unpaired) electrons. The highest BCUT2D eigenvalue weighted by atomic mass is 16.5. The van der Waals surface area contributed by atoms with E-state index >= 15 is 0 Å². The average molecular weight is 293 g/mol. The lowest BCUT2D eigenvalue weighted by atomic mass is 10.3. The van der Waals surface area contributed by atoms with Crippen LogP contribution in [0.5, 0.6) is 11.5 Å². The Balaban J connectivity index is 2.46. The topological polar surface area (TPSA) is 78.1 Å². The van der Waals surface area contributed by atoms with E-state index in [-0.39, 0.29) is 0 Å². The van der Waals surface area contributed by atoms with Gasteiger partial charge in [0.1, 0.15) is 0 Å². The Hall–Kier alpha value is -2.21. The number of anilines is 1. The highest BCUT2D eigenvalue weighted by Gasteiger charge is 2.04. The number of nitrogens with two attached hydrogens (primary N) is 1. The van der Waals surface area contributed by atoms with Gasteiger partial charge in [0.15, 0.2) is 17.5 Å². The zero-order chi connectivity index (χ0) is 15.5. The summed E-state index contributed by atoms with van der Waals surface area (Å²) in [7, 11) is 3.17. The van der Waals surface area contributed by atoms with E-state index in [9.17, 15) is 0 Å². The van der Waals surface area contributed by atoms with Gasteiger partial charge < -0.3 is 25.3 Å². The van der Waals surface area contributed by atoms with Crippen LogP contribution < -0.4 is 20.5 Å². The summed E-state index contributed by atoms with van der Waals surface area (Å²) in [6.07, 6.45) is 2.65. The molecule has 0 amide bonds. The highest BCUT2D eigenvalue weighted by molar-refractivity contribution is 5.92. The molecular formula is C15H23N3O3. The molecule has 6 heteroatoms. The van der Waals surface area contributed by atoms with Crippen molar-refractivity contribution in [2.75, 3.05) is 39.3 Å². The molecule has 0 aromatic heterocycles. The molecule has 1 rings (SSSR count). The molecule has 21 heavy (non-hydrogen) atoms. The molecular weight excluding hydrogens is 270 g/mol. The molecule has 0 spiro atoms. The van der Waals surface area contributed by atoms with Gasteiger partial charge in [0.2, 0.25) is 0 Å². The summed E-state index contributed by atoms with van der Waals surface area (Å²) in [6.45, 7) is 5.31. The maximum Gasteiger partial charge on any atom is 0.193 e. The molecule has 1 aromatic rings. The fourth-order valence-electron chi connectivity index (χ4n) is 1.60. The number of hydrogen-bond donors (Lipinski definition) is 2. The quantitative estimate of drug-likeness (QED) is 0.315. The molecule has 0 bridgehead atoms. The third-order valence-electron chi connectivity index (χ3n) is 2.64. The minimum atomic E-state index is 0.328. The molecule has 0 aliphatic carbocycles. The van der Waals surface area contributed by atoms with E-state index in [1.807, 2.05) is 12.1 Å². The fraction of sp³-hybridized carbons (Fsp3) is 0.400. The van der Waals surface area contributed by atoms with Crippen molar-refractivity contribution in [2.24, 2.45) is 10.7 Å². The monoisotopic (exact) mass is 293 g/mol. The minimum absolute atomic E-state index is 0.328. The van der Waals surface area contributed by atoms with E-state index in [1.165, 1.54) is 0 Å². The molecule has 116 valence electrons. The molecule has 0 saturated heterocycles. The average Bonchev–Trinajstić information content (AvgIpc) is 2.50. The van der Waals surface area contributed by atoms with Gasteiger partial charge in [0.05, 0.1) is 34.0 Å². The van der Waals surface area contributed by atoms with Crippen LogP contribution in [0.1, 0.15) is 6.42 Å². The molecule has 1 aromatic carbocycles. The van der Waals surface area contributed by atoms with Crippen molar-refractivity contribution in [1.29, 1.82) is 0 Å². The molecule has 0 saturated carbocycles. The van der Waals surface area contributed by atoms with Gasteiger partial charge in [0, 0.05) is 11.8 Å². The number of methoxy groups -OCH3 is 2. The standard InChI is InChI=1S/C15H23N3O3/c1-4-5-9-21-10-8-17-15(16)18-12-6-7-13(19-2)14(11-12)20-3/h4,6-7,11H,1,5,8-10H2,2-3H3,(H3,16,17,18). The smallest absolute Gasteiger partial charge is 0.193 e. The second-order valence-electron chi connectivity index (χ2n) is 4.15. The van der Waals surface area contributed by atoms with Crippen LogP contribution in [-0.4, -0.2) is 39.9 Å². The number of ether oxygens (including phenoxy) is 3. The zero-order valence-corrected chi connectivity index (χ0v) is 12.6. The van der Waals surface area contributed by atoms with E-state index < -0.39 is 0 Å². The van der Waals surface area contributed by atoms with E-state index in [4.69, 9.17) is 19.9 Å². The van der Waals surface area contributed by atoms with Crippen molar-refractivity contribution < 1.29 is 14.2 Å². The number of aliphatic imine (C=N–C) groups is 1. The van der Waals surface area contributed by atoms with Crippen LogP contribution in [0.15, 0.2) is 35.8 Å². The number of nitrogens with one attached hydrogen (secondary N) is 1. The Kier molecular flexibility index (Phi) is 7.74. The van der Waals surface area contributed by atoms with E-state index in [1.54, 1.807) is 26.4 Å². The third-order valence-corrected chi connectivity index (χ3v) is 2.64. The van der Waals surface area contributed by atoms with E-state index in [2.05, 4.69) is 16.9 Å². The maximum atomic E-state index is 5.80. The van der Waals surface area contributed by atoms with E-state index in [0.717, 1.165) is 12.1 Å². The van der Waals surface area contributed by atoms with Crippen molar-refractivity contribution in [3.05, 3.63) is 30.9 Å². The molecule has 6 nitrogen and oxygen atoms in total. The summed E-state index contributed by atoms with van der Waals surface area (Å²) in [5, 5.41) is 2.99. The first-order valence-electron chi connectivity index (χ1n) is 6.69. The van der Waals surface area contributed by atoms with Gasteiger partial charge in [0.25, 0.3) is 0 Å². The van der Waals surface area contributed by atoms with Crippen LogP contribution in [0.3, 0.4) is 0 Å². The van der Waals surface area contributed by atoms with Crippen molar-refractivity contribution >= 4 is 11.6 Å². The lowest BCUT2D eigenvalue weighted by molar-refractivity contribution is 0.146. The van der Waals surface area contributed by atoms with Gasteiger partial charge in [-0.05, 0) is 18.6 Å². The predicted molar refractivity (Wildman–Crippen MR) is 85.3 cm³/mol. The summed E-state index contributed by atoms with van der Waals surface area (Å²) in [5.74, 6) is 1.62. The Morgan fingerprint density at radius 1 is 1.29 bits per heavy atom. The molecule has 3 N–H and O–H groups in total. The van der Waals surface area contributed by atoms with Gasteiger partial charge in [-0.3, -0.25) is 4.99 Å². The Labute approximate surface area is 125 Å². The van der Waals surface area contributed by atoms with Crippen LogP contribution in [0.25, 0.3) is 0 Å². The Morgan fingerprint density at radius 2 is 2.05 bits per heavy atom. The predicted octanol–water partition coefficient (Wildman–Crippen LogP) is 2.02. The molecule has 0 fully saturated rings. The van der Waals surface area contributed by atoms with Gasteiger partial charge in [-0.2, -0.15) is 0 Å². The largest absolute Gasteiger partial charge is 0.493 e. The summed E-state index contributed by atoms with van der Waals surface area (Å²) in [6, 6.07) is 5.43. The first-order chi connectivity index (χ1) is 10.2. The first-order valence-corrected chi connectivity index (χ1v) is 6.69. The summed E-state index contributed by atoms with van der Waals surface area (Å²) in [4.78, 5) is 4.18. The zero-order valence-electron chi connectivity index (χ0n) is 12.6. The lowest BCUT2D eigenvalue weighted by Crippen LogP contribution is -2.23. The molecule has 0 aliphatic heterocycles. The molecule has 0 atom stereocenters. The van der Waals surface area contributed by atoms with Gasteiger partial charge >= 0.3 is 0 Å². The van der Waals surface area contributed by atoms with Crippen LogP contribution in [0.4, 0.5) is 5.69 Å². The highest BCUT2D eigenvalue weighted by Crippen LogP contribution is 2.29. The molecule has 0 heterocycles. The fourth-order valence-corrected chi connectivity index (χ4v) is 1.60. The number of nitrogens with zero attached hydrogens (tertiary/aromatic N) is 1. The number of benzene rings is 1. The maximum absolute atomic E-state index is 5.80. The Morgan fingerprint density at radius 3 is 2.71 bits per heavy atom. The van der Waals surface area contributed by atoms with Gasteiger partial charge in [-0.25, -0.2) is 0 Å². The first kappa shape index (κ1) is 16.8. The molecule has 0 unspecified atom stereocenters. The summed E-state index contributed by atoms with van der Waals surface area (Å²) >= 11 is 0. The second kappa shape index (κ2) is 9.66. The minimum Gasteiger partial charge on any atom is -0.493 e. The SMILES string of the molecule is C=CCCOCCN=C(N)Nc1ccc(OC)c(OC)c1. The van der Waals surface area contributed by atoms with E-state index in [0.29, 0.717) is 37.2 Å². The van der Waals surface area contributed by atoms with Crippen molar-refractivity contribution in [1.82, 2.24) is 0 Å². The number of hydrogen-bond acceptors (Lipinski definition) is 4. The third kappa shape index (κ3) is 6.18. The summed E-state index contributed by atoms with van der Waals surface area (Å²) < 4.78 is 15.7. The Bertz CT molecular complexity index is 475. The summed E-state index contributed by atoms with van der Waals surface area (Å²) in [5.41, 5.74) is 6.58. The van der Waals surface area contributed by atoms with Crippen LogP contribution >= 0.6 is 0 Å². The van der Waals surface area contributed by atoms with Gasteiger partial charge in [-0.1, -0.05) is 6.08 Å². The lowest BCUT2D eigenvalue weighted by Gasteiger charge is -2.10. The van der Waals surface area contributed by atoms with Crippen molar-refractivity contribution in [3.8, 4) is 11.5 Å². The van der Waals surface area contributed by atoms with Crippen molar-refractivity contribution in [3.63, 3.8) is 0 Å². The van der Waals surface area contributed by atoms with Crippen LogP contribution in [0, 0.1) is 0 Å². The second-order valence-corrected chi connectivity index (χ2v) is 4.15.